The molecule has 0 atom stereocenters. The highest BCUT2D eigenvalue weighted by atomic mass is 16.4. The maximum atomic E-state index is 12.0. The van der Waals surface area contributed by atoms with Gasteiger partial charge in [-0.2, -0.15) is 0 Å². The number of H-pyrrole nitrogens is 1. The Morgan fingerprint density at radius 2 is 2.05 bits per heavy atom. The number of nitrogens with zero attached hydrogens (tertiary/aromatic N) is 2. The number of nitrogen functional groups attached to an aromatic ring is 1. The van der Waals surface area contributed by atoms with Gasteiger partial charge in [-0.3, -0.25) is 19.1 Å². The Morgan fingerprint density at radius 3 is 2.57 bits per heavy atom. The Balaban J connectivity index is 3.23. The van der Waals surface area contributed by atoms with Crippen LogP contribution in [0.25, 0.3) is 0 Å². The minimum absolute atomic E-state index is 0.0874. The molecule has 0 aromatic carbocycles. The second-order valence-corrected chi connectivity index (χ2v) is 4.72. The molecule has 0 amide bonds. The van der Waals surface area contributed by atoms with E-state index in [1.54, 1.807) is 11.8 Å². The largest absolute Gasteiger partial charge is 0.481 e. The number of aromatic amines is 1. The van der Waals surface area contributed by atoms with Gasteiger partial charge in [-0.25, -0.2) is 4.79 Å². The monoisotopic (exact) mass is 298 g/mol. The average molecular weight is 298 g/mol. The molecule has 0 unspecified atom stereocenters. The third-order valence-corrected chi connectivity index (χ3v) is 3.24. The first kappa shape index (κ1) is 16.8. The lowest BCUT2D eigenvalue weighted by Crippen LogP contribution is -2.39. The molecule has 0 aliphatic heterocycles. The van der Waals surface area contributed by atoms with E-state index < -0.39 is 17.2 Å². The molecule has 8 heteroatoms. The number of carboxylic acid groups (broad SMARTS) is 1. The Morgan fingerprint density at radius 1 is 1.38 bits per heavy atom. The molecule has 0 saturated heterocycles. The highest BCUT2D eigenvalue weighted by Crippen LogP contribution is 2.17. The van der Waals surface area contributed by atoms with Crippen molar-refractivity contribution in [1.82, 2.24) is 9.55 Å². The van der Waals surface area contributed by atoms with Crippen molar-refractivity contribution in [2.24, 2.45) is 0 Å². The summed E-state index contributed by atoms with van der Waals surface area (Å²) in [6.45, 7) is 4.78. The molecule has 0 spiro atoms. The molecule has 0 saturated carbocycles. The van der Waals surface area contributed by atoms with E-state index in [4.69, 9.17) is 10.8 Å². The first-order valence-corrected chi connectivity index (χ1v) is 7.01. The normalized spacial score (nSPS) is 10.6. The zero-order chi connectivity index (χ0) is 16.0. The number of aromatic nitrogens is 2. The zero-order valence-electron chi connectivity index (χ0n) is 12.4. The maximum Gasteiger partial charge on any atom is 0.330 e. The third-order valence-electron chi connectivity index (χ3n) is 3.24. The van der Waals surface area contributed by atoms with Crippen LogP contribution < -0.4 is 21.9 Å². The summed E-state index contributed by atoms with van der Waals surface area (Å²) in [4.78, 5) is 38.3. The fraction of sp³-hybridized carbons (Fsp3) is 0.615. The van der Waals surface area contributed by atoms with Gasteiger partial charge in [0.15, 0.2) is 0 Å². The van der Waals surface area contributed by atoms with Gasteiger partial charge in [0, 0.05) is 19.6 Å². The van der Waals surface area contributed by atoms with E-state index in [0.717, 1.165) is 12.8 Å². The molecule has 8 nitrogen and oxygen atoms in total. The SMILES string of the molecule is CCCCn1c(N)c(N(CC)CCC(=O)O)c(=O)[nH]c1=O. The fourth-order valence-corrected chi connectivity index (χ4v) is 2.08. The van der Waals surface area contributed by atoms with Crippen LogP contribution >= 0.6 is 0 Å². The van der Waals surface area contributed by atoms with Gasteiger partial charge < -0.3 is 15.7 Å². The molecule has 0 aliphatic carbocycles. The van der Waals surface area contributed by atoms with Crippen molar-refractivity contribution in [2.45, 2.75) is 39.7 Å². The standard InChI is InChI=1S/C13H22N4O4/c1-3-5-7-17-11(14)10(12(20)15-13(17)21)16(4-2)8-6-9(18)19/h3-8,14H2,1-2H3,(H,18,19)(H,15,20,21). The van der Waals surface area contributed by atoms with Crippen LogP contribution in [0.1, 0.15) is 33.1 Å². The Hall–Kier alpha value is -2.25. The summed E-state index contributed by atoms with van der Waals surface area (Å²) in [5.74, 6) is -0.868. The molecule has 1 heterocycles. The van der Waals surface area contributed by atoms with Gasteiger partial charge in [-0.05, 0) is 13.3 Å². The molecule has 0 aliphatic rings. The Bertz CT molecular complexity index is 605. The molecular formula is C13H22N4O4. The van der Waals surface area contributed by atoms with Crippen LogP contribution in [-0.4, -0.2) is 33.7 Å². The third kappa shape index (κ3) is 4.11. The fourth-order valence-electron chi connectivity index (χ4n) is 2.08. The van der Waals surface area contributed by atoms with Gasteiger partial charge in [-0.1, -0.05) is 13.3 Å². The number of carbonyl (C=O) groups is 1. The van der Waals surface area contributed by atoms with Gasteiger partial charge in [0.05, 0.1) is 6.42 Å². The molecule has 21 heavy (non-hydrogen) atoms. The van der Waals surface area contributed by atoms with E-state index in [1.807, 2.05) is 6.92 Å². The van der Waals surface area contributed by atoms with Crippen molar-refractivity contribution in [3.63, 3.8) is 0 Å². The van der Waals surface area contributed by atoms with Gasteiger partial charge in [0.2, 0.25) is 0 Å². The second-order valence-electron chi connectivity index (χ2n) is 4.72. The number of aliphatic carboxylic acids is 1. The first-order chi connectivity index (χ1) is 9.92. The van der Waals surface area contributed by atoms with Crippen LogP contribution in [0.3, 0.4) is 0 Å². The van der Waals surface area contributed by atoms with Crippen molar-refractivity contribution in [3.05, 3.63) is 20.8 Å². The van der Waals surface area contributed by atoms with Gasteiger partial charge in [0.25, 0.3) is 5.56 Å². The number of nitrogens with two attached hydrogens (primary N) is 1. The number of anilines is 2. The summed E-state index contributed by atoms with van der Waals surface area (Å²) in [6.07, 6.45) is 1.54. The lowest BCUT2D eigenvalue weighted by atomic mass is 10.3. The molecular weight excluding hydrogens is 276 g/mol. The van der Waals surface area contributed by atoms with Crippen LogP contribution in [0.4, 0.5) is 11.5 Å². The first-order valence-electron chi connectivity index (χ1n) is 7.01. The van der Waals surface area contributed by atoms with Crippen LogP contribution in [0.15, 0.2) is 9.59 Å². The van der Waals surface area contributed by atoms with E-state index in [1.165, 1.54) is 4.57 Å². The van der Waals surface area contributed by atoms with E-state index in [9.17, 15) is 14.4 Å². The summed E-state index contributed by atoms with van der Waals surface area (Å²) < 4.78 is 1.32. The van der Waals surface area contributed by atoms with Crippen LogP contribution in [0.2, 0.25) is 0 Å². The van der Waals surface area contributed by atoms with Crippen molar-refractivity contribution in [2.75, 3.05) is 23.7 Å². The summed E-state index contributed by atoms with van der Waals surface area (Å²) in [5.41, 5.74) is 5.00. The minimum Gasteiger partial charge on any atom is -0.481 e. The number of hydrogen-bond acceptors (Lipinski definition) is 5. The number of rotatable bonds is 8. The molecule has 0 fully saturated rings. The molecule has 1 aromatic heterocycles. The molecule has 118 valence electrons. The number of carboxylic acids is 1. The highest BCUT2D eigenvalue weighted by molar-refractivity contribution is 5.69. The van der Waals surface area contributed by atoms with Crippen molar-refractivity contribution < 1.29 is 9.90 Å². The average Bonchev–Trinajstić information content (AvgIpc) is 2.41. The molecule has 0 radical (unpaired) electrons. The van der Waals surface area contributed by atoms with Gasteiger partial charge >= 0.3 is 11.7 Å². The van der Waals surface area contributed by atoms with Crippen molar-refractivity contribution in [1.29, 1.82) is 0 Å². The van der Waals surface area contributed by atoms with E-state index in [-0.39, 0.29) is 24.5 Å². The Kier molecular flexibility index (Phi) is 6.01. The van der Waals surface area contributed by atoms with Crippen molar-refractivity contribution >= 4 is 17.5 Å². The number of hydrogen-bond donors (Lipinski definition) is 3. The predicted octanol–water partition coefficient (Wildman–Crippen LogP) is 0.220. The molecule has 1 rings (SSSR count). The van der Waals surface area contributed by atoms with E-state index in [2.05, 4.69) is 4.98 Å². The molecule has 0 bridgehead atoms. The summed E-state index contributed by atoms with van der Waals surface area (Å²) >= 11 is 0. The predicted molar refractivity (Wildman–Crippen MR) is 80.8 cm³/mol. The van der Waals surface area contributed by atoms with E-state index in [0.29, 0.717) is 13.1 Å². The number of nitrogens with one attached hydrogen (secondary N) is 1. The van der Waals surface area contributed by atoms with Crippen LogP contribution in [0.5, 0.6) is 0 Å². The lowest BCUT2D eigenvalue weighted by molar-refractivity contribution is -0.136. The molecule has 1 aromatic rings. The Labute approximate surface area is 122 Å². The topological polar surface area (TPSA) is 121 Å². The van der Waals surface area contributed by atoms with E-state index >= 15 is 0 Å². The van der Waals surface area contributed by atoms with Crippen molar-refractivity contribution in [3.8, 4) is 0 Å². The summed E-state index contributed by atoms with van der Waals surface area (Å²) in [6, 6.07) is 0. The maximum absolute atomic E-state index is 12.0. The van der Waals surface area contributed by atoms with Crippen LogP contribution in [0, 0.1) is 0 Å². The van der Waals surface area contributed by atoms with Gasteiger partial charge in [0.1, 0.15) is 11.5 Å². The zero-order valence-corrected chi connectivity index (χ0v) is 12.4. The summed E-state index contributed by atoms with van der Waals surface area (Å²) in [5, 5.41) is 8.76. The quantitative estimate of drug-likeness (QED) is 0.631. The molecule has 4 N–H and O–H groups in total. The number of unbranched alkanes of at least 4 members (excludes halogenated alkanes) is 1. The van der Waals surface area contributed by atoms with Gasteiger partial charge in [-0.15, -0.1) is 0 Å². The summed E-state index contributed by atoms with van der Waals surface area (Å²) in [7, 11) is 0. The second kappa shape index (κ2) is 7.51. The lowest BCUT2D eigenvalue weighted by Gasteiger charge is -2.24. The van der Waals surface area contributed by atoms with Crippen LogP contribution in [-0.2, 0) is 11.3 Å². The smallest absolute Gasteiger partial charge is 0.330 e. The highest BCUT2D eigenvalue weighted by Gasteiger charge is 2.18. The minimum atomic E-state index is -0.956.